The van der Waals surface area contributed by atoms with Gasteiger partial charge in [0.15, 0.2) is 5.78 Å². The molecule has 2 rings (SSSR count). The summed E-state index contributed by atoms with van der Waals surface area (Å²) in [7, 11) is 5.85. The third-order valence-corrected chi connectivity index (χ3v) is 4.33. The number of azo groups is 1. The standard InChI is InChI=1S/C20H22ClN3O6/c1-11(25)19(24-23-15-8-12(27-2)6-7-16(15)28-3)20(26)22-14-9-13(21)17(29-4)10-18(14)30-5/h6-10,19H,1-5H3,(H,22,26). The van der Waals surface area contributed by atoms with Crippen molar-refractivity contribution in [3.8, 4) is 23.0 Å². The molecule has 0 saturated heterocycles. The molecule has 0 aliphatic heterocycles. The van der Waals surface area contributed by atoms with E-state index in [4.69, 9.17) is 30.5 Å². The number of ether oxygens (including phenoxy) is 4. The minimum atomic E-state index is -1.40. The minimum absolute atomic E-state index is 0.258. The number of nitrogens with one attached hydrogen (secondary N) is 1. The molecule has 1 unspecified atom stereocenters. The number of hydrogen-bond acceptors (Lipinski definition) is 8. The topological polar surface area (TPSA) is 108 Å². The Balaban J connectivity index is 2.32. The molecule has 10 heteroatoms. The molecule has 0 spiro atoms. The van der Waals surface area contributed by atoms with Crippen LogP contribution in [-0.2, 0) is 9.59 Å². The fourth-order valence-electron chi connectivity index (χ4n) is 2.47. The van der Waals surface area contributed by atoms with Gasteiger partial charge in [0, 0.05) is 12.1 Å². The Bertz CT molecular complexity index is 964. The molecule has 0 aliphatic carbocycles. The molecule has 0 heterocycles. The van der Waals surface area contributed by atoms with Crippen molar-refractivity contribution >= 4 is 34.7 Å². The number of carbonyl (C=O) groups is 2. The number of carbonyl (C=O) groups excluding carboxylic acids is 2. The maximum atomic E-state index is 12.7. The van der Waals surface area contributed by atoms with Crippen LogP contribution in [0.4, 0.5) is 11.4 Å². The lowest BCUT2D eigenvalue weighted by atomic mass is 10.2. The van der Waals surface area contributed by atoms with E-state index in [1.54, 1.807) is 18.2 Å². The van der Waals surface area contributed by atoms with Gasteiger partial charge in [-0.3, -0.25) is 9.59 Å². The highest BCUT2D eigenvalue weighted by Gasteiger charge is 2.25. The Labute approximate surface area is 178 Å². The van der Waals surface area contributed by atoms with Gasteiger partial charge in [-0.15, -0.1) is 0 Å². The summed E-state index contributed by atoms with van der Waals surface area (Å²) in [4.78, 5) is 24.8. The molecular formula is C20H22ClN3O6. The van der Waals surface area contributed by atoms with Gasteiger partial charge in [0.25, 0.3) is 5.91 Å². The normalized spacial score (nSPS) is 11.7. The zero-order valence-corrected chi connectivity index (χ0v) is 17.9. The fraction of sp³-hybridized carbons (Fsp3) is 0.300. The smallest absolute Gasteiger partial charge is 0.258 e. The molecule has 2 aromatic carbocycles. The van der Waals surface area contributed by atoms with E-state index in [1.165, 1.54) is 47.5 Å². The number of amides is 1. The highest BCUT2D eigenvalue weighted by Crippen LogP contribution is 2.36. The van der Waals surface area contributed by atoms with E-state index >= 15 is 0 Å². The number of rotatable bonds is 9. The third kappa shape index (κ3) is 5.38. The fourth-order valence-corrected chi connectivity index (χ4v) is 2.71. The van der Waals surface area contributed by atoms with Gasteiger partial charge >= 0.3 is 0 Å². The van der Waals surface area contributed by atoms with Crippen molar-refractivity contribution in [2.75, 3.05) is 33.8 Å². The Morgan fingerprint density at radius 2 is 1.60 bits per heavy atom. The molecule has 30 heavy (non-hydrogen) atoms. The van der Waals surface area contributed by atoms with Gasteiger partial charge in [0.2, 0.25) is 6.04 Å². The van der Waals surface area contributed by atoms with Crippen molar-refractivity contribution in [1.29, 1.82) is 0 Å². The summed E-state index contributed by atoms with van der Waals surface area (Å²) >= 11 is 6.12. The van der Waals surface area contributed by atoms with E-state index in [0.717, 1.165) is 0 Å². The first-order valence-electron chi connectivity index (χ1n) is 8.70. The zero-order chi connectivity index (χ0) is 22.3. The average molecular weight is 436 g/mol. The van der Waals surface area contributed by atoms with Gasteiger partial charge in [0.05, 0.1) is 39.1 Å². The van der Waals surface area contributed by atoms with Crippen molar-refractivity contribution < 1.29 is 28.5 Å². The van der Waals surface area contributed by atoms with Crippen LogP contribution >= 0.6 is 11.6 Å². The molecule has 0 aromatic heterocycles. The summed E-state index contributed by atoms with van der Waals surface area (Å²) in [6.07, 6.45) is 0. The number of Topliss-reactive ketones (excluding diaryl/α,β-unsaturated/α-hetero) is 1. The molecular weight excluding hydrogens is 414 g/mol. The summed E-state index contributed by atoms with van der Waals surface area (Å²) in [5.41, 5.74) is 0.565. The van der Waals surface area contributed by atoms with E-state index in [-0.39, 0.29) is 10.7 Å². The highest BCUT2D eigenvalue weighted by molar-refractivity contribution is 6.32. The molecule has 9 nitrogen and oxygen atoms in total. The van der Waals surface area contributed by atoms with Crippen molar-refractivity contribution in [3.63, 3.8) is 0 Å². The third-order valence-electron chi connectivity index (χ3n) is 4.03. The quantitative estimate of drug-likeness (QED) is 0.470. The number of benzene rings is 2. The first kappa shape index (κ1) is 23.0. The molecule has 0 aliphatic rings. The summed E-state index contributed by atoms with van der Waals surface area (Å²) in [6, 6.07) is 6.47. The molecule has 0 radical (unpaired) electrons. The van der Waals surface area contributed by atoms with Crippen molar-refractivity contribution in [2.24, 2.45) is 10.2 Å². The zero-order valence-electron chi connectivity index (χ0n) is 17.2. The lowest BCUT2D eigenvalue weighted by Gasteiger charge is -2.14. The van der Waals surface area contributed by atoms with Gasteiger partial charge in [0.1, 0.15) is 28.7 Å². The van der Waals surface area contributed by atoms with Crippen LogP contribution in [0.3, 0.4) is 0 Å². The Morgan fingerprint density at radius 3 is 2.17 bits per heavy atom. The first-order valence-corrected chi connectivity index (χ1v) is 9.08. The van der Waals surface area contributed by atoms with Crippen LogP contribution in [0.2, 0.25) is 5.02 Å². The van der Waals surface area contributed by atoms with Gasteiger partial charge in [-0.1, -0.05) is 11.6 Å². The largest absolute Gasteiger partial charge is 0.497 e. The SMILES string of the molecule is COc1ccc(OC)c(N=NC(C(C)=O)C(=O)Nc2cc(Cl)c(OC)cc2OC)c1. The monoisotopic (exact) mass is 435 g/mol. The van der Waals surface area contributed by atoms with Crippen LogP contribution in [0, 0.1) is 0 Å². The van der Waals surface area contributed by atoms with Crippen LogP contribution < -0.4 is 24.3 Å². The number of methoxy groups -OCH3 is 4. The van der Waals surface area contributed by atoms with E-state index < -0.39 is 17.7 Å². The van der Waals surface area contributed by atoms with E-state index in [1.807, 2.05) is 0 Å². The number of nitrogens with zero attached hydrogens (tertiary/aromatic N) is 2. The summed E-state index contributed by atoms with van der Waals surface area (Å²) < 4.78 is 20.7. The molecule has 1 amide bonds. The lowest BCUT2D eigenvalue weighted by molar-refractivity contribution is -0.126. The van der Waals surface area contributed by atoms with Crippen LogP contribution in [0.25, 0.3) is 0 Å². The van der Waals surface area contributed by atoms with Crippen molar-refractivity contribution in [3.05, 3.63) is 35.4 Å². The molecule has 1 atom stereocenters. The minimum Gasteiger partial charge on any atom is -0.497 e. The first-order chi connectivity index (χ1) is 14.3. The van der Waals surface area contributed by atoms with E-state index in [2.05, 4.69) is 15.5 Å². The van der Waals surface area contributed by atoms with Crippen molar-refractivity contribution in [2.45, 2.75) is 13.0 Å². The van der Waals surface area contributed by atoms with Crippen LogP contribution in [0.1, 0.15) is 6.92 Å². The molecule has 0 saturated carbocycles. The number of hydrogen-bond donors (Lipinski definition) is 1. The second-order valence-electron chi connectivity index (χ2n) is 5.94. The van der Waals surface area contributed by atoms with Crippen LogP contribution in [-0.4, -0.2) is 46.2 Å². The molecule has 160 valence electrons. The summed E-state index contributed by atoms with van der Waals surface area (Å²) in [5, 5.41) is 10.8. The van der Waals surface area contributed by atoms with E-state index in [0.29, 0.717) is 28.7 Å². The number of anilines is 1. The Hall–Kier alpha value is -3.33. The second-order valence-corrected chi connectivity index (χ2v) is 6.35. The van der Waals surface area contributed by atoms with E-state index in [9.17, 15) is 9.59 Å². The molecule has 1 N–H and O–H groups in total. The predicted octanol–water partition coefficient (Wildman–Crippen LogP) is 4.05. The molecule has 2 aromatic rings. The van der Waals surface area contributed by atoms with Gasteiger partial charge in [-0.25, -0.2) is 0 Å². The van der Waals surface area contributed by atoms with Crippen LogP contribution in [0.15, 0.2) is 40.6 Å². The Kier molecular flexibility index (Phi) is 7.99. The molecule has 0 bridgehead atoms. The predicted molar refractivity (Wildman–Crippen MR) is 112 cm³/mol. The van der Waals surface area contributed by atoms with Crippen molar-refractivity contribution in [1.82, 2.24) is 0 Å². The van der Waals surface area contributed by atoms with Gasteiger partial charge in [-0.05, 0) is 25.1 Å². The van der Waals surface area contributed by atoms with Crippen LogP contribution in [0.5, 0.6) is 23.0 Å². The average Bonchev–Trinajstić information content (AvgIpc) is 2.73. The maximum Gasteiger partial charge on any atom is 0.258 e. The lowest BCUT2D eigenvalue weighted by Crippen LogP contribution is -2.32. The summed E-state index contributed by atoms with van der Waals surface area (Å²) in [6.45, 7) is 1.24. The maximum absolute atomic E-state index is 12.7. The number of ketones is 1. The molecule has 0 fully saturated rings. The number of halogens is 1. The summed E-state index contributed by atoms with van der Waals surface area (Å²) in [5.74, 6) is 0.402. The Morgan fingerprint density at radius 1 is 0.933 bits per heavy atom. The van der Waals surface area contributed by atoms with Gasteiger partial charge in [-0.2, -0.15) is 10.2 Å². The highest BCUT2D eigenvalue weighted by atomic mass is 35.5. The van der Waals surface area contributed by atoms with Gasteiger partial charge < -0.3 is 24.3 Å². The second kappa shape index (κ2) is 10.4.